The minimum atomic E-state index is 0.485. The Morgan fingerprint density at radius 2 is 1.95 bits per heavy atom. The van der Waals surface area contributed by atoms with Crippen LogP contribution in [0.2, 0.25) is 0 Å². The molecule has 0 aromatic carbocycles. The summed E-state index contributed by atoms with van der Waals surface area (Å²) in [6, 6.07) is 4.62. The highest BCUT2D eigenvalue weighted by Crippen LogP contribution is 2.17. The molecule has 0 aliphatic heterocycles. The van der Waals surface area contributed by atoms with Crippen LogP contribution in [0.3, 0.4) is 0 Å². The summed E-state index contributed by atoms with van der Waals surface area (Å²) < 4.78 is 5.22. The number of anilines is 1. The van der Waals surface area contributed by atoms with Crippen LogP contribution in [0.25, 0.3) is 0 Å². The molecule has 0 saturated heterocycles. The molecule has 21 heavy (non-hydrogen) atoms. The van der Waals surface area contributed by atoms with Gasteiger partial charge in [0.25, 0.3) is 0 Å². The second-order valence-corrected chi connectivity index (χ2v) is 5.22. The Kier molecular flexibility index (Phi) is 8.94. The molecule has 1 heterocycles. The average Bonchev–Trinajstić information content (AvgIpc) is 2.52. The largest absolute Gasteiger partial charge is 0.383 e. The monoisotopic (exact) mass is 294 g/mol. The number of ether oxygens (including phenoxy) is 1. The van der Waals surface area contributed by atoms with Gasteiger partial charge in [-0.05, 0) is 37.9 Å². The minimum absolute atomic E-state index is 0.485. The van der Waals surface area contributed by atoms with Crippen molar-refractivity contribution >= 4 is 5.82 Å². The quantitative estimate of drug-likeness (QED) is 0.636. The van der Waals surface area contributed by atoms with Crippen LogP contribution in [0.5, 0.6) is 0 Å². The fraction of sp³-hybridized carbons (Fsp3) is 0.750. The summed E-state index contributed by atoms with van der Waals surface area (Å²) in [4.78, 5) is 2.31. The minimum Gasteiger partial charge on any atom is -0.383 e. The summed E-state index contributed by atoms with van der Waals surface area (Å²) in [6.45, 7) is 9.93. The molecule has 0 aliphatic rings. The number of aromatic nitrogens is 2. The van der Waals surface area contributed by atoms with Gasteiger partial charge < -0.3 is 15.0 Å². The lowest BCUT2D eigenvalue weighted by Gasteiger charge is -2.31. The molecule has 1 rings (SSSR count). The zero-order chi connectivity index (χ0) is 15.5. The first-order chi connectivity index (χ1) is 10.3. The van der Waals surface area contributed by atoms with Crippen LogP contribution < -0.4 is 10.2 Å². The van der Waals surface area contributed by atoms with E-state index in [1.54, 1.807) is 7.11 Å². The third-order valence-corrected chi connectivity index (χ3v) is 3.65. The molecule has 0 amide bonds. The molecule has 1 N–H and O–H groups in total. The van der Waals surface area contributed by atoms with Gasteiger partial charge in [-0.3, -0.25) is 0 Å². The summed E-state index contributed by atoms with van der Waals surface area (Å²) in [7, 11) is 1.74. The van der Waals surface area contributed by atoms with Crippen molar-refractivity contribution in [1.29, 1.82) is 0 Å². The molecule has 5 nitrogen and oxygen atoms in total. The second kappa shape index (κ2) is 10.5. The topological polar surface area (TPSA) is 50.3 Å². The van der Waals surface area contributed by atoms with Crippen molar-refractivity contribution in [3.63, 3.8) is 0 Å². The molecular weight excluding hydrogens is 264 g/mol. The van der Waals surface area contributed by atoms with E-state index >= 15 is 0 Å². The van der Waals surface area contributed by atoms with Gasteiger partial charge in [0.15, 0.2) is 5.82 Å². The lowest BCUT2D eigenvalue weighted by molar-refractivity contribution is 0.202. The summed E-state index contributed by atoms with van der Waals surface area (Å²) in [5.41, 5.74) is 0.989. The first-order valence-corrected chi connectivity index (χ1v) is 8.05. The van der Waals surface area contributed by atoms with Gasteiger partial charge in [0, 0.05) is 26.2 Å². The van der Waals surface area contributed by atoms with Crippen LogP contribution in [-0.4, -0.2) is 43.0 Å². The van der Waals surface area contributed by atoms with E-state index < -0.39 is 0 Å². The highest BCUT2D eigenvalue weighted by atomic mass is 16.5. The Bertz CT molecular complexity index is 365. The second-order valence-electron chi connectivity index (χ2n) is 5.22. The van der Waals surface area contributed by atoms with Crippen LogP contribution in [0.15, 0.2) is 12.1 Å². The maximum atomic E-state index is 5.22. The lowest BCUT2D eigenvalue weighted by atomic mass is 10.1. The first-order valence-electron chi connectivity index (χ1n) is 8.05. The fourth-order valence-electron chi connectivity index (χ4n) is 2.40. The highest BCUT2D eigenvalue weighted by Gasteiger charge is 2.17. The van der Waals surface area contributed by atoms with Crippen LogP contribution >= 0.6 is 0 Å². The third-order valence-electron chi connectivity index (χ3n) is 3.65. The van der Waals surface area contributed by atoms with E-state index in [9.17, 15) is 0 Å². The van der Waals surface area contributed by atoms with Gasteiger partial charge in [-0.15, -0.1) is 5.10 Å². The molecule has 1 aromatic rings. The van der Waals surface area contributed by atoms with Crippen molar-refractivity contribution in [3.8, 4) is 0 Å². The SMILES string of the molecule is CCCNCc1ccc(N(CCOC)C(CC)CC)nn1. The van der Waals surface area contributed by atoms with Crippen molar-refractivity contribution in [2.75, 3.05) is 31.7 Å². The number of rotatable bonds is 11. The van der Waals surface area contributed by atoms with Gasteiger partial charge in [0.2, 0.25) is 0 Å². The van der Waals surface area contributed by atoms with Crippen LogP contribution in [0.4, 0.5) is 5.82 Å². The summed E-state index contributed by atoms with van der Waals surface area (Å²) in [5, 5.41) is 12.1. The number of nitrogens with one attached hydrogen (secondary N) is 1. The first kappa shape index (κ1) is 17.9. The van der Waals surface area contributed by atoms with Gasteiger partial charge in [-0.1, -0.05) is 20.8 Å². The molecule has 0 spiro atoms. The van der Waals surface area contributed by atoms with Gasteiger partial charge in [0.1, 0.15) is 0 Å². The number of hydrogen-bond acceptors (Lipinski definition) is 5. The molecule has 0 atom stereocenters. The van der Waals surface area contributed by atoms with E-state index in [2.05, 4.69) is 53.3 Å². The molecule has 0 aliphatic carbocycles. The van der Waals surface area contributed by atoms with E-state index in [1.807, 2.05) is 0 Å². The molecule has 120 valence electrons. The van der Waals surface area contributed by atoms with Gasteiger partial charge in [-0.2, -0.15) is 5.10 Å². The third kappa shape index (κ3) is 5.98. The van der Waals surface area contributed by atoms with Gasteiger partial charge >= 0.3 is 0 Å². The molecule has 5 heteroatoms. The van der Waals surface area contributed by atoms with E-state index in [0.29, 0.717) is 12.6 Å². The summed E-state index contributed by atoms with van der Waals surface area (Å²) >= 11 is 0. The highest BCUT2D eigenvalue weighted by molar-refractivity contribution is 5.38. The number of nitrogens with zero attached hydrogens (tertiary/aromatic N) is 3. The average molecular weight is 294 g/mol. The zero-order valence-corrected chi connectivity index (χ0v) is 13.9. The molecular formula is C16H30N4O. The Balaban J connectivity index is 2.72. The van der Waals surface area contributed by atoms with Crippen molar-refractivity contribution in [1.82, 2.24) is 15.5 Å². The smallest absolute Gasteiger partial charge is 0.151 e. The molecule has 0 fully saturated rings. The maximum absolute atomic E-state index is 5.22. The Morgan fingerprint density at radius 3 is 2.48 bits per heavy atom. The van der Waals surface area contributed by atoms with Crippen LogP contribution in [-0.2, 0) is 11.3 Å². The Hall–Kier alpha value is -1.20. The van der Waals surface area contributed by atoms with Crippen molar-refractivity contribution in [3.05, 3.63) is 17.8 Å². The van der Waals surface area contributed by atoms with Crippen LogP contribution in [0.1, 0.15) is 45.7 Å². The van der Waals surface area contributed by atoms with Gasteiger partial charge in [-0.25, -0.2) is 0 Å². The molecule has 0 radical (unpaired) electrons. The normalized spacial score (nSPS) is 11.1. The van der Waals surface area contributed by atoms with E-state index in [0.717, 1.165) is 50.4 Å². The van der Waals surface area contributed by atoms with Crippen molar-refractivity contribution in [2.45, 2.75) is 52.6 Å². The molecule has 0 bridgehead atoms. The maximum Gasteiger partial charge on any atom is 0.151 e. The van der Waals surface area contributed by atoms with Crippen molar-refractivity contribution in [2.24, 2.45) is 0 Å². The predicted molar refractivity (Wildman–Crippen MR) is 87.6 cm³/mol. The Labute approximate surface area is 129 Å². The molecule has 1 aromatic heterocycles. The van der Waals surface area contributed by atoms with E-state index in [4.69, 9.17) is 4.74 Å². The van der Waals surface area contributed by atoms with E-state index in [-0.39, 0.29) is 0 Å². The van der Waals surface area contributed by atoms with E-state index in [1.165, 1.54) is 0 Å². The standard InChI is InChI=1S/C16H30N4O/c1-5-10-17-13-14-8-9-16(19-18-14)20(11-12-21-4)15(6-2)7-3/h8-9,15,17H,5-7,10-13H2,1-4H3. The summed E-state index contributed by atoms with van der Waals surface area (Å²) in [6.07, 6.45) is 3.33. The van der Waals surface area contributed by atoms with Crippen LogP contribution in [0, 0.1) is 0 Å². The lowest BCUT2D eigenvalue weighted by Crippen LogP contribution is -2.37. The number of methoxy groups -OCH3 is 1. The van der Waals surface area contributed by atoms with Crippen molar-refractivity contribution < 1.29 is 4.74 Å². The van der Waals surface area contributed by atoms with Gasteiger partial charge in [0.05, 0.1) is 12.3 Å². The Morgan fingerprint density at radius 1 is 1.19 bits per heavy atom. The predicted octanol–water partition coefficient (Wildman–Crippen LogP) is 2.62. The fourth-order valence-corrected chi connectivity index (χ4v) is 2.40. The zero-order valence-electron chi connectivity index (χ0n) is 13.9. The molecule has 0 saturated carbocycles. The summed E-state index contributed by atoms with van der Waals surface area (Å²) in [5.74, 6) is 0.944. The molecule has 0 unspecified atom stereocenters. The number of hydrogen-bond donors (Lipinski definition) is 1.